The van der Waals surface area contributed by atoms with Crippen molar-refractivity contribution < 1.29 is 9.18 Å². The number of rotatable bonds is 2. The molecule has 3 heteroatoms. The van der Waals surface area contributed by atoms with Gasteiger partial charge in [-0.05, 0) is 24.6 Å². The summed E-state index contributed by atoms with van der Waals surface area (Å²) < 4.78 is 13.0. The highest BCUT2D eigenvalue weighted by atomic mass is 19.1. The van der Waals surface area contributed by atoms with Gasteiger partial charge in [0.2, 0.25) is 0 Å². The Labute approximate surface area is 86.8 Å². The van der Waals surface area contributed by atoms with E-state index in [1.165, 1.54) is 19.1 Å². The molecule has 0 fully saturated rings. The van der Waals surface area contributed by atoms with Gasteiger partial charge in [-0.15, -0.1) is 0 Å². The first-order valence-corrected chi connectivity index (χ1v) is 4.62. The predicted octanol–water partition coefficient (Wildman–Crippen LogP) is 3.02. The van der Waals surface area contributed by atoms with Crippen LogP contribution in [-0.4, -0.2) is 10.8 Å². The van der Waals surface area contributed by atoms with Crippen molar-refractivity contribution in [3.8, 4) is 11.1 Å². The Morgan fingerprint density at radius 3 is 2.80 bits per heavy atom. The summed E-state index contributed by atoms with van der Waals surface area (Å²) in [5.74, 6) is -0.335. The normalized spacial score (nSPS) is 10.3. The van der Waals surface area contributed by atoms with Crippen LogP contribution in [0.3, 0.4) is 0 Å². The number of H-pyrrole nitrogens is 1. The summed E-state index contributed by atoms with van der Waals surface area (Å²) in [7, 11) is 0. The number of carbonyl (C=O) groups excluding carboxylic acids is 1. The molecule has 0 aliphatic rings. The quantitative estimate of drug-likeness (QED) is 0.747. The first-order valence-electron chi connectivity index (χ1n) is 4.62. The van der Waals surface area contributed by atoms with Gasteiger partial charge in [0, 0.05) is 23.5 Å². The molecule has 0 amide bonds. The number of aromatic amines is 1. The highest BCUT2D eigenvalue weighted by molar-refractivity contribution is 6.00. The average molecular weight is 203 g/mol. The Balaban J connectivity index is 2.54. The predicted molar refractivity (Wildman–Crippen MR) is 56.2 cm³/mol. The lowest BCUT2D eigenvalue weighted by Gasteiger charge is -2.00. The van der Waals surface area contributed by atoms with Crippen LogP contribution in [-0.2, 0) is 0 Å². The minimum atomic E-state index is -0.303. The van der Waals surface area contributed by atoms with Gasteiger partial charge in [-0.25, -0.2) is 4.39 Å². The van der Waals surface area contributed by atoms with Gasteiger partial charge in [0.15, 0.2) is 5.78 Å². The number of nitrogens with one attached hydrogen (secondary N) is 1. The summed E-state index contributed by atoms with van der Waals surface area (Å²) in [4.78, 5) is 14.1. The SMILES string of the molecule is CC(=O)c1c[nH]cc1-c1cccc(F)c1. The second kappa shape index (κ2) is 3.69. The number of carbonyl (C=O) groups is 1. The van der Waals surface area contributed by atoms with Crippen LogP contribution in [0.5, 0.6) is 0 Å². The van der Waals surface area contributed by atoms with Crippen LogP contribution in [0.15, 0.2) is 36.7 Å². The van der Waals surface area contributed by atoms with Crippen LogP contribution < -0.4 is 0 Å². The van der Waals surface area contributed by atoms with E-state index in [-0.39, 0.29) is 11.6 Å². The zero-order valence-electron chi connectivity index (χ0n) is 8.25. The van der Waals surface area contributed by atoms with Crippen LogP contribution in [0.4, 0.5) is 4.39 Å². The van der Waals surface area contributed by atoms with Crippen LogP contribution in [0.25, 0.3) is 11.1 Å². The summed E-state index contributed by atoms with van der Waals surface area (Å²) in [6.45, 7) is 1.49. The van der Waals surface area contributed by atoms with E-state index in [4.69, 9.17) is 0 Å². The average Bonchev–Trinajstić information content (AvgIpc) is 2.65. The van der Waals surface area contributed by atoms with Gasteiger partial charge in [-0.1, -0.05) is 12.1 Å². The largest absolute Gasteiger partial charge is 0.366 e. The third kappa shape index (κ3) is 1.81. The van der Waals surface area contributed by atoms with Gasteiger partial charge in [0.05, 0.1) is 0 Å². The first kappa shape index (κ1) is 9.65. The molecular formula is C12H10FNO. The Morgan fingerprint density at radius 2 is 2.13 bits per heavy atom. The lowest BCUT2D eigenvalue weighted by molar-refractivity contribution is 0.101. The molecule has 2 nitrogen and oxygen atoms in total. The standard InChI is InChI=1S/C12H10FNO/c1-8(15)11-6-14-7-12(11)9-3-2-4-10(13)5-9/h2-7,14H,1H3. The topological polar surface area (TPSA) is 32.9 Å². The van der Waals surface area contributed by atoms with E-state index in [0.717, 1.165) is 5.56 Å². The van der Waals surface area contributed by atoms with Crippen LogP contribution in [0, 0.1) is 5.82 Å². The van der Waals surface area contributed by atoms with Gasteiger partial charge in [-0.3, -0.25) is 4.79 Å². The van der Waals surface area contributed by atoms with E-state index in [9.17, 15) is 9.18 Å². The summed E-state index contributed by atoms with van der Waals surface area (Å²) in [6.07, 6.45) is 3.33. The Morgan fingerprint density at radius 1 is 1.33 bits per heavy atom. The van der Waals surface area contributed by atoms with Crippen molar-refractivity contribution in [3.63, 3.8) is 0 Å². The summed E-state index contributed by atoms with van der Waals surface area (Å²) in [5.41, 5.74) is 2.03. The Bertz CT molecular complexity index is 502. The van der Waals surface area contributed by atoms with Crippen molar-refractivity contribution in [3.05, 3.63) is 48.0 Å². The van der Waals surface area contributed by atoms with E-state index in [1.807, 2.05) is 0 Å². The third-order valence-electron chi connectivity index (χ3n) is 2.26. The smallest absolute Gasteiger partial charge is 0.161 e. The molecule has 0 aliphatic carbocycles. The lowest BCUT2D eigenvalue weighted by atomic mass is 10.0. The molecule has 1 heterocycles. The number of Topliss-reactive ketones (excluding diaryl/α,β-unsaturated/α-hetero) is 1. The number of benzene rings is 1. The van der Waals surface area contributed by atoms with Crippen molar-refractivity contribution in [1.29, 1.82) is 0 Å². The monoisotopic (exact) mass is 203 g/mol. The molecule has 0 saturated heterocycles. The second-order valence-corrected chi connectivity index (χ2v) is 3.35. The van der Waals surface area contributed by atoms with Gasteiger partial charge in [0.1, 0.15) is 5.82 Å². The lowest BCUT2D eigenvalue weighted by Crippen LogP contribution is -1.91. The van der Waals surface area contributed by atoms with Gasteiger partial charge < -0.3 is 4.98 Å². The third-order valence-corrected chi connectivity index (χ3v) is 2.26. The number of hydrogen-bond donors (Lipinski definition) is 1. The molecule has 0 spiro atoms. The zero-order valence-corrected chi connectivity index (χ0v) is 8.25. The fraction of sp³-hybridized carbons (Fsp3) is 0.0833. The Kier molecular flexibility index (Phi) is 2.37. The minimum absolute atomic E-state index is 0.0319. The fourth-order valence-corrected chi connectivity index (χ4v) is 1.55. The number of ketones is 1. The number of aromatic nitrogens is 1. The molecule has 0 atom stereocenters. The Hall–Kier alpha value is -1.90. The molecule has 0 unspecified atom stereocenters. The maximum Gasteiger partial charge on any atom is 0.161 e. The van der Waals surface area contributed by atoms with Crippen LogP contribution in [0.2, 0.25) is 0 Å². The molecule has 0 bridgehead atoms. The summed E-state index contributed by atoms with van der Waals surface area (Å²) >= 11 is 0. The maximum atomic E-state index is 13.0. The molecule has 0 radical (unpaired) electrons. The van der Waals surface area contributed by atoms with Crippen molar-refractivity contribution in [1.82, 2.24) is 4.98 Å². The van der Waals surface area contributed by atoms with E-state index in [0.29, 0.717) is 11.1 Å². The molecule has 15 heavy (non-hydrogen) atoms. The van der Waals surface area contributed by atoms with Gasteiger partial charge in [-0.2, -0.15) is 0 Å². The maximum absolute atomic E-state index is 13.0. The van der Waals surface area contributed by atoms with Crippen molar-refractivity contribution in [2.75, 3.05) is 0 Å². The summed E-state index contributed by atoms with van der Waals surface area (Å²) in [6, 6.07) is 6.19. The van der Waals surface area contributed by atoms with Gasteiger partial charge in [0.25, 0.3) is 0 Å². The van der Waals surface area contributed by atoms with E-state index < -0.39 is 0 Å². The first-order chi connectivity index (χ1) is 7.18. The minimum Gasteiger partial charge on any atom is -0.366 e. The second-order valence-electron chi connectivity index (χ2n) is 3.35. The van der Waals surface area contributed by atoms with Gasteiger partial charge >= 0.3 is 0 Å². The van der Waals surface area contributed by atoms with E-state index in [2.05, 4.69) is 4.98 Å². The van der Waals surface area contributed by atoms with Crippen molar-refractivity contribution >= 4 is 5.78 Å². The molecule has 76 valence electrons. The van der Waals surface area contributed by atoms with Crippen LogP contribution >= 0.6 is 0 Å². The number of hydrogen-bond acceptors (Lipinski definition) is 1. The molecule has 0 saturated carbocycles. The number of halogens is 1. The zero-order chi connectivity index (χ0) is 10.8. The highest BCUT2D eigenvalue weighted by Gasteiger charge is 2.10. The molecule has 2 aromatic rings. The van der Waals surface area contributed by atoms with Crippen molar-refractivity contribution in [2.24, 2.45) is 0 Å². The molecular weight excluding hydrogens is 193 g/mol. The van der Waals surface area contributed by atoms with E-state index >= 15 is 0 Å². The molecule has 1 N–H and O–H groups in total. The van der Waals surface area contributed by atoms with Crippen LogP contribution in [0.1, 0.15) is 17.3 Å². The summed E-state index contributed by atoms with van der Waals surface area (Å²) in [5, 5.41) is 0. The highest BCUT2D eigenvalue weighted by Crippen LogP contribution is 2.24. The molecule has 1 aromatic carbocycles. The van der Waals surface area contributed by atoms with E-state index in [1.54, 1.807) is 24.5 Å². The molecule has 1 aromatic heterocycles. The van der Waals surface area contributed by atoms with Crippen molar-refractivity contribution in [2.45, 2.75) is 6.92 Å². The fourth-order valence-electron chi connectivity index (χ4n) is 1.55. The molecule has 2 rings (SSSR count). The molecule has 0 aliphatic heterocycles.